The lowest BCUT2D eigenvalue weighted by Gasteiger charge is -2.05. The van der Waals surface area contributed by atoms with Crippen LogP contribution in [0.4, 0.5) is 0 Å². The quantitative estimate of drug-likeness (QED) is 0.679. The number of hydrogen-bond donors (Lipinski definition) is 2. The van der Waals surface area contributed by atoms with E-state index in [2.05, 4.69) is 17.4 Å². The van der Waals surface area contributed by atoms with Crippen molar-refractivity contribution >= 4 is 11.0 Å². The van der Waals surface area contributed by atoms with Crippen LogP contribution in [0.25, 0.3) is 11.0 Å². The highest BCUT2D eigenvalue weighted by molar-refractivity contribution is 5.77. The van der Waals surface area contributed by atoms with Crippen LogP contribution >= 0.6 is 0 Å². The molecule has 0 spiro atoms. The van der Waals surface area contributed by atoms with E-state index in [1.54, 1.807) is 6.26 Å². The van der Waals surface area contributed by atoms with E-state index in [4.69, 9.17) is 14.3 Å². The lowest BCUT2D eigenvalue weighted by atomic mass is 10.1. The normalized spacial score (nSPS) is 11.2. The zero-order chi connectivity index (χ0) is 13.3. The number of aliphatic hydroxyl groups is 1. The molecule has 0 radical (unpaired) electrons. The van der Waals surface area contributed by atoms with Crippen molar-refractivity contribution in [2.45, 2.75) is 12.8 Å². The number of hydrogen-bond acceptors (Lipinski definition) is 4. The number of ether oxygens (including phenoxy) is 1. The summed E-state index contributed by atoms with van der Waals surface area (Å²) in [5.41, 5.74) is 2.20. The molecule has 0 atom stereocenters. The zero-order valence-corrected chi connectivity index (χ0v) is 11.1. The second-order valence-electron chi connectivity index (χ2n) is 4.48. The first-order valence-corrected chi connectivity index (χ1v) is 6.75. The highest BCUT2D eigenvalue weighted by Crippen LogP contribution is 2.17. The Morgan fingerprint density at radius 1 is 1.16 bits per heavy atom. The number of rotatable bonds is 9. The molecule has 0 unspecified atom stereocenters. The van der Waals surface area contributed by atoms with Gasteiger partial charge in [0.2, 0.25) is 0 Å². The summed E-state index contributed by atoms with van der Waals surface area (Å²) in [7, 11) is 0. The van der Waals surface area contributed by atoms with Gasteiger partial charge in [-0.3, -0.25) is 0 Å². The summed E-state index contributed by atoms with van der Waals surface area (Å²) in [5, 5.41) is 12.9. The van der Waals surface area contributed by atoms with Crippen LogP contribution < -0.4 is 5.32 Å². The van der Waals surface area contributed by atoms with E-state index < -0.39 is 0 Å². The van der Waals surface area contributed by atoms with Crippen molar-refractivity contribution in [1.29, 1.82) is 0 Å². The van der Waals surface area contributed by atoms with Crippen molar-refractivity contribution < 1.29 is 14.3 Å². The van der Waals surface area contributed by atoms with Gasteiger partial charge in [-0.05, 0) is 43.1 Å². The molecule has 0 aliphatic heterocycles. The Bertz CT molecular complexity index is 481. The molecule has 0 saturated heterocycles. The first-order chi connectivity index (χ1) is 9.40. The highest BCUT2D eigenvalue weighted by atomic mass is 16.5. The number of fused-ring (bicyclic) bond motifs is 1. The van der Waals surface area contributed by atoms with Crippen molar-refractivity contribution in [3.63, 3.8) is 0 Å². The second-order valence-corrected chi connectivity index (χ2v) is 4.48. The molecule has 0 amide bonds. The number of aliphatic hydroxyl groups excluding tert-OH is 1. The molecule has 4 nitrogen and oxygen atoms in total. The summed E-state index contributed by atoms with van der Waals surface area (Å²) in [6.07, 6.45) is 3.61. The van der Waals surface area contributed by atoms with Gasteiger partial charge in [0, 0.05) is 18.5 Å². The average Bonchev–Trinajstić information content (AvgIpc) is 2.89. The third-order valence-electron chi connectivity index (χ3n) is 2.98. The average molecular weight is 263 g/mol. The van der Waals surface area contributed by atoms with Gasteiger partial charge >= 0.3 is 0 Å². The summed E-state index contributed by atoms with van der Waals surface area (Å²) < 4.78 is 10.9. The van der Waals surface area contributed by atoms with Crippen LogP contribution in [0, 0.1) is 0 Å². The molecule has 1 heterocycles. The topological polar surface area (TPSA) is 54.6 Å². The molecule has 2 rings (SSSR count). The van der Waals surface area contributed by atoms with Gasteiger partial charge in [0.05, 0.1) is 19.5 Å². The third-order valence-corrected chi connectivity index (χ3v) is 2.98. The Balaban J connectivity index is 1.60. The molecular weight excluding hydrogens is 242 g/mol. The molecule has 104 valence electrons. The Kier molecular flexibility index (Phi) is 5.88. The van der Waals surface area contributed by atoms with Crippen molar-refractivity contribution in [3.8, 4) is 0 Å². The van der Waals surface area contributed by atoms with E-state index in [1.807, 2.05) is 12.1 Å². The molecular formula is C15H21NO3. The summed E-state index contributed by atoms with van der Waals surface area (Å²) in [5.74, 6) is 0. The van der Waals surface area contributed by atoms with E-state index in [-0.39, 0.29) is 6.61 Å². The van der Waals surface area contributed by atoms with Crippen LogP contribution in [-0.2, 0) is 11.2 Å². The molecule has 0 bridgehead atoms. The van der Waals surface area contributed by atoms with E-state index in [0.717, 1.165) is 43.6 Å². The highest BCUT2D eigenvalue weighted by Gasteiger charge is 1.99. The van der Waals surface area contributed by atoms with Gasteiger partial charge < -0.3 is 19.6 Å². The first kappa shape index (κ1) is 14.1. The van der Waals surface area contributed by atoms with Gasteiger partial charge in [-0.15, -0.1) is 0 Å². The van der Waals surface area contributed by atoms with Gasteiger partial charge in [0.1, 0.15) is 5.58 Å². The third kappa shape index (κ3) is 4.67. The molecule has 0 saturated carbocycles. The number of benzene rings is 1. The SMILES string of the molecule is OCCNCCCOCCc1ccc2occc2c1. The van der Waals surface area contributed by atoms with Crippen molar-refractivity contribution in [2.24, 2.45) is 0 Å². The van der Waals surface area contributed by atoms with E-state index in [0.29, 0.717) is 6.54 Å². The second kappa shape index (κ2) is 7.94. The summed E-state index contributed by atoms with van der Waals surface area (Å²) in [6, 6.07) is 8.21. The molecule has 19 heavy (non-hydrogen) atoms. The van der Waals surface area contributed by atoms with Crippen molar-refractivity contribution in [1.82, 2.24) is 5.32 Å². The molecule has 4 heteroatoms. The molecule has 1 aromatic carbocycles. The standard InChI is InChI=1S/C15H21NO3/c17-8-7-16-6-1-9-18-10-4-13-2-3-15-14(12-13)5-11-19-15/h2-3,5,11-12,16-17H,1,4,6-10H2. The zero-order valence-electron chi connectivity index (χ0n) is 11.1. The minimum Gasteiger partial charge on any atom is -0.464 e. The minimum absolute atomic E-state index is 0.192. The van der Waals surface area contributed by atoms with Gasteiger partial charge in [-0.25, -0.2) is 0 Å². The molecule has 1 aromatic heterocycles. The number of furan rings is 1. The Hall–Kier alpha value is -1.36. The summed E-state index contributed by atoms with van der Waals surface area (Å²) in [6.45, 7) is 3.24. The lowest BCUT2D eigenvalue weighted by Crippen LogP contribution is -2.20. The monoisotopic (exact) mass is 263 g/mol. The van der Waals surface area contributed by atoms with E-state index in [1.165, 1.54) is 5.56 Å². The summed E-state index contributed by atoms with van der Waals surface area (Å²) >= 11 is 0. The van der Waals surface area contributed by atoms with Crippen LogP contribution in [0.15, 0.2) is 34.9 Å². The number of nitrogens with one attached hydrogen (secondary N) is 1. The molecule has 0 aliphatic carbocycles. The van der Waals surface area contributed by atoms with Crippen molar-refractivity contribution in [2.75, 3.05) is 32.9 Å². The van der Waals surface area contributed by atoms with Gasteiger partial charge in [0.25, 0.3) is 0 Å². The molecule has 2 aromatic rings. The predicted molar refractivity (Wildman–Crippen MR) is 75.3 cm³/mol. The van der Waals surface area contributed by atoms with Gasteiger partial charge in [0.15, 0.2) is 0 Å². The Morgan fingerprint density at radius 2 is 2.11 bits per heavy atom. The maximum absolute atomic E-state index is 8.59. The Labute approximate surface area is 113 Å². The van der Waals surface area contributed by atoms with Crippen LogP contribution in [0.3, 0.4) is 0 Å². The summed E-state index contributed by atoms with van der Waals surface area (Å²) in [4.78, 5) is 0. The molecule has 2 N–H and O–H groups in total. The Morgan fingerprint density at radius 3 is 3.00 bits per heavy atom. The van der Waals surface area contributed by atoms with E-state index in [9.17, 15) is 0 Å². The van der Waals surface area contributed by atoms with Crippen LogP contribution in [0.1, 0.15) is 12.0 Å². The largest absolute Gasteiger partial charge is 0.464 e. The first-order valence-electron chi connectivity index (χ1n) is 6.75. The lowest BCUT2D eigenvalue weighted by molar-refractivity contribution is 0.134. The van der Waals surface area contributed by atoms with E-state index >= 15 is 0 Å². The fourth-order valence-corrected chi connectivity index (χ4v) is 1.97. The van der Waals surface area contributed by atoms with Crippen LogP contribution in [0.2, 0.25) is 0 Å². The molecule has 0 fully saturated rings. The van der Waals surface area contributed by atoms with Gasteiger partial charge in [-0.1, -0.05) is 6.07 Å². The smallest absolute Gasteiger partial charge is 0.133 e. The minimum atomic E-state index is 0.192. The maximum atomic E-state index is 8.59. The molecule has 0 aliphatic rings. The van der Waals surface area contributed by atoms with Crippen LogP contribution in [-0.4, -0.2) is 38.0 Å². The van der Waals surface area contributed by atoms with Crippen molar-refractivity contribution in [3.05, 3.63) is 36.1 Å². The van der Waals surface area contributed by atoms with Gasteiger partial charge in [-0.2, -0.15) is 0 Å². The predicted octanol–water partition coefficient (Wildman–Crippen LogP) is 1.96. The van der Waals surface area contributed by atoms with Crippen LogP contribution in [0.5, 0.6) is 0 Å². The fourth-order valence-electron chi connectivity index (χ4n) is 1.97. The fraction of sp³-hybridized carbons (Fsp3) is 0.467. The maximum Gasteiger partial charge on any atom is 0.133 e.